The number of anilines is 1. The molecule has 1 aromatic heterocycles. The molecule has 16 heteroatoms. The summed E-state index contributed by atoms with van der Waals surface area (Å²) in [5.74, 6) is -3.53. The van der Waals surface area contributed by atoms with Crippen LogP contribution in [0.2, 0.25) is 0 Å². The van der Waals surface area contributed by atoms with Crippen molar-refractivity contribution >= 4 is 50.3 Å². The summed E-state index contributed by atoms with van der Waals surface area (Å²) in [6, 6.07) is -3.51. The molecule has 2 atom stereocenters. The Hall–Kier alpha value is -2.04. The van der Waals surface area contributed by atoms with Crippen LogP contribution in [0.3, 0.4) is 0 Å². The monoisotopic (exact) mass is 455 g/mol. The van der Waals surface area contributed by atoms with E-state index < -0.39 is 45.9 Å². The third kappa shape index (κ3) is 5.52. The Morgan fingerprint density at radius 2 is 2.21 bits per heavy atom. The van der Waals surface area contributed by atoms with Gasteiger partial charge in [-0.1, -0.05) is 17.8 Å². The van der Waals surface area contributed by atoms with Crippen molar-refractivity contribution in [3.63, 3.8) is 0 Å². The van der Waals surface area contributed by atoms with Gasteiger partial charge < -0.3 is 25.2 Å². The molecule has 2 unspecified atom stereocenters. The fraction of sp³-hybridized carbons (Fsp3) is 0.308. The van der Waals surface area contributed by atoms with Gasteiger partial charge in [-0.2, -0.15) is 0 Å². The SMILES string of the molecule is C=CCON=C(C(=O)NC1C(=O)N(S(=O)(=O)[O-])C1C(=O)OC)c1csc(N)n1.[Na+]. The number of rotatable bonds is 8. The number of nitrogen functional groups attached to an aromatic ring is 1. The molecule has 2 rings (SSSR count). The van der Waals surface area contributed by atoms with Gasteiger partial charge in [0, 0.05) is 5.38 Å². The molecule has 0 spiro atoms. The quantitative estimate of drug-likeness (QED) is 0.0560. The van der Waals surface area contributed by atoms with Gasteiger partial charge >= 0.3 is 35.5 Å². The van der Waals surface area contributed by atoms with Gasteiger partial charge in [-0.3, -0.25) is 9.59 Å². The molecule has 2 heterocycles. The van der Waals surface area contributed by atoms with Crippen molar-refractivity contribution < 1.29 is 66.5 Å². The number of hydrogen-bond donors (Lipinski definition) is 2. The molecule has 1 aliphatic rings. The van der Waals surface area contributed by atoms with Crippen molar-refractivity contribution in [2.75, 3.05) is 19.5 Å². The number of carbonyl (C=O) groups is 3. The van der Waals surface area contributed by atoms with E-state index in [-0.39, 0.29) is 51.3 Å². The number of hydrogen-bond acceptors (Lipinski definition) is 12. The molecule has 0 saturated carbocycles. The first-order chi connectivity index (χ1) is 13.1. The number of thiazole rings is 1. The molecule has 152 valence electrons. The number of β-lactam (4-membered cyclic amide) rings is 1. The summed E-state index contributed by atoms with van der Waals surface area (Å²) >= 11 is 1.00. The van der Waals surface area contributed by atoms with Crippen LogP contribution in [0.25, 0.3) is 0 Å². The van der Waals surface area contributed by atoms with Crippen LogP contribution >= 0.6 is 11.3 Å². The number of ether oxygens (including phenoxy) is 1. The van der Waals surface area contributed by atoms with E-state index in [1.54, 1.807) is 0 Å². The number of nitrogens with two attached hydrogens (primary N) is 1. The van der Waals surface area contributed by atoms with E-state index >= 15 is 0 Å². The number of oxime groups is 1. The second kappa shape index (κ2) is 10.1. The molecule has 1 aliphatic heterocycles. The van der Waals surface area contributed by atoms with Crippen molar-refractivity contribution in [1.29, 1.82) is 0 Å². The molecular weight excluding hydrogens is 441 g/mol. The van der Waals surface area contributed by atoms with Crippen LogP contribution < -0.4 is 40.6 Å². The largest absolute Gasteiger partial charge is 1.00 e. The zero-order chi connectivity index (χ0) is 21.1. The summed E-state index contributed by atoms with van der Waals surface area (Å²) in [6.07, 6.45) is 1.36. The molecular formula is C13H14N5NaO8S2. The molecule has 1 saturated heterocycles. The van der Waals surface area contributed by atoms with Crippen LogP contribution in [0.15, 0.2) is 23.2 Å². The van der Waals surface area contributed by atoms with Crippen LogP contribution in [-0.2, 0) is 34.3 Å². The van der Waals surface area contributed by atoms with Gasteiger partial charge in [-0.05, 0) is 0 Å². The average Bonchev–Trinajstić information content (AvgIpc) is 3.04. The predicted molar refractivity (Wildman–Crippen MR) is 93.5 cm³/mol. The number of nitrogens with one attached hydrogen (secondary N) is 1. The number of aromatic nitrogens is 1. The van der Waals surface area contributed by atoms with Crippen molar-refractivity contribution in [3.05, 3.63) is 23.7 Å². The Morgan fingerprint density at radius 3 is 2.69 bits per heavy atom. The van der Waals surface area contributed by atoms with Crippen LogP contribution in [0.5, 0.6) is 0 Å². The Bertz CT molecular complexity index is 947. The van der Waals surface area contributed by atoms with Crippen LogP contribution in [0, 0.1) is 0 Å². The molecule has 1 aromatic rings. The minimum atomic E-state index is -5.29. The molecule has 13 nitrogen and oxygen atoms in total. The minimum Gasteiger partial charge on any atom is -0.731 e. The standard InChI is InChI=1S/C13H15N5O8S2.Na/c1-3-4-26-17-7(6-5-27-13(14)15-6)10(19)16-8-9(12(21)25-2)18(11(8)20)28(22,23)24;/h3,5,8-9H,1,4H2,2H3,(H2,14,15)(H,16,19)(H,22,23,24);/q;+1/p-1. The summed E-state index contributed by atoms with van der Waals surface area (Å²) in [5, 5.41) is 7.22. The smallest absolute Gasteiger partial charge is 0.731 e. The molecule has 0 aliphatic carbocycles. The Morgan fingerprint density at radius 1 is 1.55 bits per heavy atom. The van der Waals surface area contributed by atoms with Crippen LogP contribution in [0.1, 0.15) is 5.69 Å². The van der Waals surface area contributed by atoms with Crippen LogP contribution in [0.4, 0.5) is 5.13 Å². The van der Waals surface area contributed by atoms with E-state index in [2.05, 4.69) is 26.8 Å². The van der Waals surface area contributed by atoms with Gasteiger partial charge in [0.05, 0.1) is 7.11 Å². The molecule has 0 bridgehead atoms. The molecule has 0 aromatic carbocycles. The van der Waals surface area contributed by atoms with E-state index in [1.165, 1.54) is 11.5 Å². The van der Waals surface area contributed by atoms with Gasteiger partial charge in [0.25, 0.3) is 11.8 Å². The predicted octanol–water partition coefficient (Wildman–Crippen LogP) is -5.04. The minimum absolute atomic E-state index is 0. The topological polar surface area (TPSA) is 193 Å². The van der Waals surface area contributed by atoms with Gasteiger partial charge in [0.15, 0.2) is 27.2 Å². The summed E-state index contributed by atoms with van der Waals surface area (Å²) in [7, 11) is -4.36. The van der Waals surface area contributed by atoms with E-state index in [0.717, 1.165) is 18.4 Å². The third-order valence-electron chi connectivity index (χ3n) is 3.35. The molecule has 29 heavy (non-hydrogen) atoms. The van der Waals surface area contributed by atoms with Crippen molar-refractivity contribution in [2.45, 2.75) is 12.1 Å². The Kier molecular flexibility index (Phi) is 8.73. The number of amides is 2. The second-order valence-corrected chi connectivity index (χ2v) is 7.24. The van der Waals surface area contributed by atoms with Gasteiger partial charge in [0.2, 0.25) is 0 Å². The number of esters is 1. The van der Waals surface area contributed by atoms with Crippen molar-refractivity contribution in [2.24, 2.45) is 5.16 Å². The molecule has 2 amide bonds. The number of nitrogens with zero attached hydrogens (tertiary/aromatic N) is 3. The fourth-order valence-corrected chi connectivity index (χ4v) is 3.54. The van der Waals surface area contributed by atoms with Crippen LogP contribution in [-0.4, -0.2) is 71.6 Å². The van der Waals surface area contributed by atoms with Crippen molar-refractivity contribution in [3.8, 4) is 0 Å². The molecule has 0 radical (unpaired) electrons. The normalized spacial score (nSPS) is 18.9. The maximum Gasteiger partial charge on any atom is 1.00 e. The summed E-state index contributed by atoms with van der Waals surface area (Å²) < 4.78 is 37.7. The average molecular weight is 455 g/mol. The van der Waals surface area contributed by atoms with Gasteiger partial charge in [0.1, 0.15) is 18.3 Å². The fourth-order valence-electron chi connectivity index (χ4n) is 2.17. The Labute approximate surface area is 191 Å². The summed E-state index contributed by atoms with van der Waals surface area (Å²) in [6.45, 7) is 3.36. The zero-order valence-corrected chi connectivity index (χ0v) is 18.9. The van der Waals surface area contributed by atoms with E-state index in [4.69, 9.17) is 10.6 Å². The van der Waals surface area contributed by atoms with Gasteiger partial charge in [-0.15, -0.1) is 11.3 Å². The van der Waals surface area contributed by atoms with E-state index in [9.17, 15) is 27.4 Å². The van der Waals surface area contributed by atoms with E-state index in [0.29, 0.717) is 0 Å². The van der Waals surface area contributed by atoms with Crippen molar-refractivity contribution in [1.82, 2.24) is 14.6 Å². The first-order valence-corrected chi connectivity index (χ1v) is 9.56. The Balaban J connectivity index is 0.00000420. The second-order valence-electron chi connectivity index (χ2n) is 5.11. The number of methoxy groups -OCH3 is 1. The molecule has 3 N–H and O–H groups in total. The van der Waals surface area contributed by atoms with E-state index in [1.807, 2.05) is 0 Å². The molecule has 1 fully saturated rings. The zero-order valence-electron chi connectivity index (χ0n) is 15.2. The summed E-state index contributed by atoms with van der Waals surface area (Å²) in [4.78, 5) is 45.0. The first-order valence-electron chi connectivity index (χ1n) is 7.31. The first kappa shape index (κ1) is 25.0. The van der Waals surface area contributed by atoms with Gasteiger partial charge in [-0.25, -0.2) is 22.5 Å². The summed E-state index contributed by atoms with van der Waals surface area (Å²) in [5.41, 5.74) is 5.14. The maximum atomic E-state index is 12.5. The third-order valence-corrected chi connectivity index (χ3v) is 4.91. The number of carbonyl (C=O) groups excluding carboxylic acids is 3. The maximum absolute atomic E-state index is 12.5.